The van der Waals surface area contributed by atoms with E-state index >= 15 is 0 Å². The molecule has 6 rings (SSSR count). The third-order valence-corrected chi connectivity index (χ3v) is 6.80. The number of hydrogen-bond acceptors (Lipinski definition) is 6. The summed E-state index contributed by atoms with van der Waals surface area (Å²) < 4.78 is 2.09. The van der Waals surface area contributed by atoms with Crippen molar-refractivity contribution in [1.82, 2.24) is 24.5 Å². The Hall–Kier alpha value is -3.42. The number of imidazole rings is 1. The van der Waals surface area contributed by atoms with Crippen LogP contribution in [0, 0.1) is 0 Å². The highest BCUT2D eigenvalue weighted by atomic mass is 32.1. The third kappa shape index (κ3) is 3.05. The quantitative estimate of drug-likeness (QED) is 0.442. The molecule has 152 valence electrons. The first kappa shape index (κ1) is 18.4. The number of hydrogen-bond donors (Lipinski definition) is 1. The summed E-state index contributed by atoms with van der Waals surface area (Å²) in [6.45, 7) is 0. The summed E-state index contributed by atoms with van der Waals surface area (Å²) in [4.78, 5) is 19.5. The van der Waals surface area contributed by atoms with E-state index in [0.717, 1.165) is 46.0 Å². The van der Waals surface area contributed by atoms with E-state index in [-0.39, 0.29) is 5.54 Å². The maximum absolute atomic E-state index is 6.53. The second-order valence-corrected chi connectivity index (χ2v) is 8.85. The lowest BCUT2D eigenvalue weighted by atomic mass is 9.73. The molecule has 31 heavy (non-hydrogen) atoms. The highest BCUT2D eigenvalue weighted by Crippen LogP contribution is 2.39. The predicted molar refractivity (Wildman–Crippen MR) is 123 cm³/mol. The van der Waals surface area contributed by atoms with Gasteiger partial charge in [0.15, 0.2) is 17.3 Å². The van der Waals surface area contributed by atoms with Gasteiger partial charge in [0.1, 0.15) is 5.52 Å². The molecule has 0 bridgehead atoms. The van der Waals surface area contributed by atoms with Gasteiger partial charge in [-0.1, -0.05) is 42.5 Å². The summed E-state index contributed by atoms with van der Waals surface area (Å²) >= 11 is 1.56. The van der Waals surface area contributed by atoms with Crippen molar-refractivity contribution < 1.29 is 0 Å². The molecule has 1 aliphatic carbocycles. The van der Waals surface area contributed by atoms with Gasteiger partial charge in [0, 0.05) is 23.0 Å². The molecule has 1 saturated carbocycles. The minimum absolute atomic E-state index is 0.182. The monoisotopic (exact) mass is 424 g/mol. The molecule has 3 aromatic heterocycles. The van der Waals surface area contributed by atoms with Gasteiger partial charge in [-0.25, -0.2) is 15.0 Å². The van der Waals surface area contributed by atoms with E-state index in [2.05, 4.69) is 38.8 Å². The lowest BCUT2D eigenvalue weighted by molar-refractivity contribution is 0.253. The van der Waals surface area contributed by atoms with Gasteiger partial charge in [0.05, 0.1) is 16.6 Å². The molecule has 0 amide bonds. The molecule has 0 spiro atoms. The Morgan fingerprint density at radius 1 is 0.935 bits per heavy atom. The third-order valence-electron chi connectivity index (χ3n) is 6.03. The van der Waals surface area contributed by atoms with E-state index in [1.807, 2.05) is 42.0 Å². The molecule has 7 heteroatoms. The topological polar surface area (TPSA) is 82.5 Å². The number of benzene rings is 2. The van der Waals surface area contributed by atoms with Crippen LogP contribution >= 0.6 is 11.3 Å². The van der Waals surface area contributed by atoms with Gasteiger partial charge >= 0.3 is 0 Å². The molecule has 1 aliphatic rings. The zero-order valence-electron chi connectivity index (χ0n) is 16.8. The Morgan fingerprint density at radius 2 is 1.74 bits per heavy atom. The molecule has 2 N–H and O–H groups in total. The van der Waals surface area contributed by atoms with E-state index in [0.29, 0.717) is 5.82 Å². The number of rotatable bonds is 4. The zero-order valence-corrected chi connectivity index (χ0v) is 17.6. The molecule has 1 fully saturated rings. The van der Waals surface area contributed by atoms with Gasteiger partial charge in [-0.3, -0.25) is 9.55 Å². The average Bonchev–Trinajstić information content (AvgIpc) is 3.45. The molecule has 2 aromatic carbocycles. The Bertz CT molecular complexity index is 1350. The van der Waals surface area contributed by atoms with E-state index in [1.165, 1.54) is 12.0 Å². The van der Waals surface area contributed by atoms with Crippen molar-refractivity contribution in [2.75, 3.05) is 0 Å². The van der Waals surface area contributed by atoms with Crippen molar-refractivity contribution in [2.24, 2.45) is 5.73 Å². The summed E-state index contributed by atoms with van der Waals surface area (Å²) in [6.07, 6.45) is 6.91. The van der Waals surface area contributed by atoms with Crippen LogP contribution in [0.4, 0.5) is 0 Å². The predicted octanol–water partition coefficient (Wildman–Crippen LogP) is 4.94. The molecule has 0 unspecified atom stereocenters. The van der Waals surface area contributed by atoms with Crippen molar-refractivity contribution in [3.63, 3.8) is 0 Å². The van der Waals surface area contributed by atoms with E-state index in [4.69, 9.17) is 15.7 Å². The van der Waals surface area contributed by atoms with Crippen LogP contribution in [0.5, 0.6) is 0 Å². The fourth-order valence-corrected chi connectivity index (χ4v) is 4.72. The summed E-state index contributed by atoms with van der Waals surface area (Å²) in [6, 6.07) is 18.5. The number of thiazole rings is 1. The van der Waals surface area contributed by atoms with Crippen molar-refractivity contribution in [1.29, 1.82) is 0 Å². The normalized spacial score (nSPS) is 15.1. The lowest BCUT2D eigenvalue weighted by Gasteiger charge is -2.38. The number of aromatic nitrogens is 5. The van der Waals surface area contributed by atoms with Crippen molar-refractivity contribution in [3.8, 4) is 27.8 Å². The first-order chi connectivity index (χ1) is 15.2. The molecule has 3 heterocycles. The highest BCUT2D eigenvalue weighted by molar-refractivity contribution is 7.13. The summed E-state index contributed by atoms with van der Waals surface area (Å²) in [7, 11) is 0. The van der Waals surface area contributed by atoms with Crippen LogP contribution in [0.25, 0.3) is 38.9 Å². The molecule has 0 atom stereocenters. The Labute approximate surface area is 183 Å². The fraction of sp³-hybridized carbons (Fsp3) is 0.167. The number of nitrogens with zero attached hydrogens (tertiary/aromatic N) is 5. The van der Waals surface area contributed by atoms with Gasteiger partial charge in [-0.2, -0.15) is 0 Å². The standard InChI is InChI=1S/C24H20N6S/c25-24(11-4-12-24)17-7-9-18(10-8-17)30-22-19(28-23(30)20-14-26-15-31-20)13-27-21(29-22)16-5-2-1-3-6-16/h1-3,5-10,13-15H,4,11-12,25H2. The summed E-state index contributed by atoms with van der Waals surface area (Å²) in [5.41, 5.74) is 12.8. The lowest BCUT2D eigenvalue weighted by Crippen LogP contribution is -2.43. The van der Waals surface area contributed by atoms with Crippen molar-refractivity contribution in [3.05, 3.63) is 78.1 Å². The van der Waals surface area contributed by atoms with E-state index in [9.17, 15) is 0 Å². The Balaban J connectivity index is 1.54. The molecule has 0 radical (unpaired) electrons. The van der Waals surface area contributed by atoms with Gasteiger partial charge < -0.3 is 5.73 Å². The van der Waals surface area contributed by atoms with Gasteiger partial charge in [0.2, 0.25) is 0 Å². The first-order valence-electron chi connectivity index (χ1n) is 10.3. The van der Waals surface area contributed by atoms with Crippen LogP contribution in [0.3, 0.4) is 0 Å². The minimum Gasteiger partial charge on any atom is -0.321 e. The molecule has 6 nitrogen and oxygen atoms in total. The van der Waals surface area contributed by atoms with Crippen molar-refractivity contribution in [2.45, 2.75) is 24.8 Å². The van der Waals surface area contributed by atoms with Gasteiger partial charge in [-0.15, -0.1) is 11.3 Å². The number of fused-ring (bicyclic) bond motifs is 1. The summed E-state index contributed by atoms with van der Waals surface area (Å²) in [5, 5.41) is 0. The van der Waals surface area contributed by atoms with Crippen LogP contribution in [0.1, 0.15) is 24.8 Å². The largest absolute Gasteiger partial charge is 0.321 e. The maximum Gasteiger partial charge on any atom is 0.169 e. The van der Waals surface area contributed by atoms with Crippen LogP contribution in [0.15, 0.2) is 72.5 Å². The zero-order chi connectivity index (χ0) is 20.8. The molecule has 5 aromatic rings. The summed E-state index contributed by atoms with van der Waals surface area (Å²) in [5.74, 6) is 1.49. The molecule has 0 saturated heterocycles. The fourth-order valence-electron chi connectivity index (χ4n) is 4.13. The van der Waals surface area contributed by atoms with Crippen LogP contribution in [-0.2, 0) is 5.54 Å². The maximum atomic E-state index is 6.53. The van der Waals surface area contributed by atoms with Crippen LogP contribution < -0.4 is 5.73 Å². The molecule has 0 aliphatic heterocycles. The number of nitrogens with two attached hydrogens (primary N) is 1. The minimum atomic E-state index is -0.182. The van der Waals surface area contributed by atoms with Crippen LogP contribution in [-0.4, -0.2) is 24.5 Å². The second-order valence-electron chi connectivity index (χ2n) is 7.96. The Morgan fingerprint density at radius 3 is 2.42 bits per heavy atom. The molecular formula is C24H20N6S. The Kier molecular flexibility index (Phi) is 4.19. The highest BCUT2D eigenvalue weighted by Gasteiger charge is 2.34. The first-order valence-corrected chi connectivity index (χ1v) is 11.2. The van der Waals surface area contributed by atoms with Crippen LogP contribution in [0.2, 0.25) is 0 Å². The van der Waals surface area contributed by atoms with E-state index < -0.39 is 0 Å². The smallest absolute Gasteiger partial charge is 0.169 e. The van der Waals surface area contributed by atoms with E-state index in [1.54, 1.807) is 17.5 Å². The van der Waals surface area contributed by atoms with Crippen molar-refractivity contribution >= 4 is 22.5 Å². The average molecular weight is 425 g/mol. The van der Waals surface area contributed by atoms with Gasteiger partial charge in [0.25, 0.3) is 0 Å². The second kappa shape index (κ2) is 7.08. The SMILES string of the molecule is NC1(c2ccc(-n3c(-c4cncs4)nc4cnc(-c5ccccc5)nc43)cc2)CCC1. The van der Waals surface area contributed by atoms with Gasteiger partial charge in [-0.05, 0) is 37.0 Å². The molecular weight excluding hydrogens is 404 g/mol.